The van der Waals surface area contributed by atoms with Crippen LogP contribution >= 0.6 is 11.3 Å². The third kappa shape index (κ3) is 2.07. The lowest BCUT2D eigenvalue weighted by molar-refractivity contribution is 0.625. The maximum Gasteiger partial charge on any atom is 0.169 e. The number of hydrogen-bond acceptors (Lipinski definition) is 4. The first-order valence-corrected chi connectivity index (χ1v) is 6.86. The van der Waals surface area contributed by atoms with Crippen molar-refractivity contribution in [3.63, 3.8) is 0 Å². The second-order valence-electron chi connectivity index (χ2n) is 4.51. The fourth-order valence-corrected chi connectivity index (χ4v) is 3.01. The van der Waals surface area contributed by atoms with Crippen molar-refractivity contribution in [2.75, 3.05) is 5.73 Å². The van der Waals surface area contributed by atoms with Gasteiger partial charge in [-0.05, 0) is 31.4 Å². The van der Waals surface area contributed by atoms with Crippen molar-refractivity contribution >= 4 is 17.2 Å². The van der Waals surface area contributed by atoms with E-state index >= 15 is 0 Å². The molecule has 0 amide bonds. The van der Waals surface area contributed by atoms with E-state index in [-0.39, 0.29) is 0 Å². The van der Waals surface area contributed by atoms with Crippen LogP contribution in [0.4, 0.5) is 5.82 Å². The van der Waals surface area contributed by atoms with Crippen LogP contribution in [0.2, 0.25) is 0 Å². The molecule has 2 N–H and O–H groups in total. The Morgan fingerprint density at radius 1 is 1.41 bits per heavy atom. The summed E-state index contributed by atoms with van der Waals surface area (Å²) in [6, 6.07) is 4.37. The molecule has 1 aliphatic rings. The fraction of sp³-hybridized carbons (Fsp3) is 0.500. The third-order valence-corrected chi connectivity index (χ3v) is 4.35. The monoisotopic (exact) mass is 248 g/mol. The number of aromatic nitrogens is 3. The molecule has 5 heteroatoms. The van der Waals surface area contributed by atoms with Gasteiger partial charge in [-0.2, -0.15) is 0 Å². The summed E-state index contributed by atoms with van der Waals surface area (Å²) in [6.45, 7) is 2.99. The second-order valence-corrected chi connectivity index (χ2v) is 5.77. The first-order valence-electron chi connectivity index (χ1n) is 6.04. The minimum absolute atomic E-state index is 0.593. The molecule has 0 aliphatic heterocycles. The highest BCUT2D eigenvalue weighted by molar-refractivity contribution is 7.11. The van der Waals surface area contributed by atoms with Gasteiger partial charge in [0.2, 0.25) is 0 Å². The molecule has 0 spiro atoms. The molecule has 1 aliphatic carbocycles. The van der Waals surface area contributed by atoms with E-state index in [1.54, 1.807) is 0 Å². The van der Waals surface area contributed by atoms with E-state index in [1.165, 1.54) is 22.6 Å². The summed E-state index contributed by atoms with van der Waals surface area (Å²) in [5.41, 5.74) is 7.01. The van der Waals surface area contributed by atoms with Gasteiger partial charge in [-0.25, -0.2) is 4.68 Å². The van der Waals surface area contributed by atoms with Crippen LogP contribution < -0.4 is 5.73 Å². The molecule has 1 saturated carbocycles. The molecule has 2 aromatic heterocycles. The number of nitrogens with two attached hydrogens (primary N) is 1. The summed E-state index contributed by atoms with van der Waals surface area (Å²) < 4.78 is 1.97. The number of rotatable bonds is 4. The molecule has 3 rings (SSSR count). The van der Waals surface area contributed by atoms with Crippen molar-refractivity contribution in [2.24, 2.45) is 0 Å². The van der Waals surface area contributed by atoms with Gasteiger partial charge < -0.3 is 5.73 Å². The standard InChI is InChI=1S/C12H16N4S/c1-2-9-5-6-10(17-9)7-16-11(8-3-4-8)12(13)14-15-16/h5-6,8H,2-4,7,13H2,1H3. The Hall–Kier alpha value is -1.36. The van der Waals surface area contributed by atoms with Gasteiger partial charge in [-0.3, -0.25) is 0 Å². The minimum Gasteiger partial charge on any atom is -0.381 e. The van der Waals surface area contributed by atoms with Gasteiger partial charge >= 0.3 is 0 Å². The van der Waals surface area contributed by atoms with E-state index < -0.39 is 0 Å². The summed E-state index contributed by atoms with van der Waals surface area (Å²) in [5, 5.41) is 8.15. The maximum atomic E-state index is 5.88. The number of anilines is 1. The van der Waals surface area contributed by atoms with Crippen molar-refractivity contribution in [1.29, 1.82) is 0 Å². The Labute approximate surface area is 104 Å². The molecule has 0 aromatic carbocycles. The van der Waals surface area contributed by atoms with Crippen LogP contribution in [0.5, 0.6) is 0 Å². The Kier molecular flexibility index (Phi) is 2.63. The second kappa shape index (κ2) is 4.14. The molecular formula is C12H16N4S. The quantitative estimate of drug-likeness (QED) is 0.904. The largest absolute Gasteiger partial charge is 0.381 e. The highest BCUT2D eigenvalue weighted by Gasteiger charge is 2.30. The van der Waals surface area contributed by atoms with Gasteiger partial charge in [0, 0.05) is 15.7 Å². The van der Waals surface area contributed by atoms with Crippen molar-refractivity contribution in [3.8, 4) is 0 Å². The molecule has 0 unspecified atom stereocenters. The van der Waals surface area contributed by atoms with Gasteiger partial charge in [0.15, 0.2) is 5.82 Å². The van der Waals surface area contributed by atoms with E-state index in [0.717, 1.165) is 18.7 Å². The van der Waals surface area contributed by atoms with E-state index in [0.29, 0.717) is 11.7 Å². The fourth-order valence-electron chi connectivity index (χ4n) is 2.07. The van der Waals surface area contributed by atoms with Gasteiger partial charge in [0.1, 0.15) is 0 Å². The maximum absolute atomic E-state index is 5.88. The smallest absolute Gasteiger partial charge is 0.169 e. The number of aryl methyl sites for hydroxylation is 1. The van der Waals surface area contributed by atoms with Crippen molar-refractivity contribution in [3.05, 3.63) is 27.6 Å². The molecular weight excluding hydrogens is 232 g/mol. The van der Waals surface area contributed by atoms with Crippen LogP contribution in [0.25, 0.3) is 0 Å². The van der Waals surface area contributed by atoms with Crippen LogP contribution in [0.15, 0.2) is 12.1 Å². The molecule has 2 heterocycles. The average molecular weight is 248 g/mol. The minimum atomic E-state index is 0.593. The van der Waals surface area contributed by atoms with Crippen molar-refractivity contribution in [2.45, 2.75) is 38.6 Å². The van der Waals surface area contributed by atoms with Gasteiger partial charge in [-0.1, -0.05) is 12.1 Å². The van der Waals surface area contributed by atoms with Crippen LogP contribution in [-0.4, -0.2) is 15.0 Å². The Morgan fingerprint density at radius 2 is 2.18 bits per heavy atom. The molecule has 0 radical (unpaired) electrons. The Balaban J connectivity index is 1.84. The SMILES string of the molecule is CCc1ccc(Cn2nnc(N)c2C2CC2)s1. The number of hydrogen-bond donors (Lipinski definition) is 1. The summed E-state index contributed by atoms with van der Waals surface area (Å²) in [5.74, 6) is 1.20. The summed E-state index contributed by atoms with van der Waals surface area (Å²) in [4.78, 5) is 2.75. The number of nitrogen functional groups attached to an aromatic ring is 1. The molecule has 0 bridgehead atoms. The molecule has 1 fully saturated rings. The zero-order valence-electron chi connectivity index (χ0n) is 9.89. The predicted molar refractivity (Wildman–Crippen MR) is 69.2 cm³/mol. The first-order chi connectivity index (χ1) is 8.28. The average Bonchev–Trinajstić information content (AvgIpc) is 2.94. The molecule has 0 atom stereocenters. The van der Waals surface area contributed by atoms with Crippen LogP contribution in [-0.2, 0) is 13.0 Å². The van der Waals surface area contributed by atoms with E-state index in [1.807, 2.05) is 16.0 Å². The van der Waals surface area contributed by atoms with Gasteiger partial charge in [-0.15, -0.1) is 16.4 Å². The lowest BCUT2D eigenvalue weighted by Crippen LogP contribution is -2.05. The highest BCUT2D eigenvalue weighted by Crippen LogP contribution is 2.42. The van der Waals surface area contributed by atoms with E-state index in [2.05, 4.69) is 29.4 Å². The van der Waals surface area contributed by atoms with Crippen LogP contribution in [0.1, 0.15) is 41.1 Å². The van der Waals surface area contributed by atoms with E-state index in [4.69, 9.17) is 5.73 Å². The zero-order chi connectivity index (χ0) is 11.8. The van der Waals surface area contributed by atoms with E-state index in [9.17, 15) is 0 Å². The molecule has 2 aromatic rings. The normalized spacial score (nSPS) is 15.4. The third-order valence-electron chi connectivity index (χ3n) is 3.14. The highest BCUT2D eigenvalue weighted by atomic mass is 32.1. The lowest BCUT2D eigenvalue weighted by Gasteiger charge is -2.03. The molecule has 0 saturated heterocycles. The summed E-state index contributed by atoms with van der Waals surface area (Å²) >= 11 is 1.85. The van der Waals surface area contributed by atoms with Gasteiger partial charge in [0.05, 0.1) is 12.2 Å². The lowest BCUT2D eigenvalue weighted by atomic mass is 10.3. The number of thiophene rings is 1. The van der Waals surface area contributed by atoms with Crippen LogP contribution in [0.3, 0.4) is 0 Å². The Bertz CT molecular complexity index is 524. The molecule has 4 nitrogen and oxygen atoms in total. The molecule has 90 valence electrons. The van der Waals surface area contributed by atoms with Crippen molar-refractivity contribution < 1.29 is 0 Å². The van der Waals surface area contributed by atoms with Gasteiger partial charge in [0.25, 0.3) is 0 Å². The summed E-state index contributed by atoms with van der Waals surface area (Å²) in [6.07, 6.45) is 3.55. The van der Waals surface area contributed by atoms with Crippen LogP contribution in [0, 0.1) is 0 Å². The molecule has 17 heavy (non-hydrogen) atoms. The Morgan fingerprint density at radius 3 is 2.82 bits per heavy atom. The first kappa shape index (κ1) is 10.8. The topological polar surface area (TPSA) is 56.7 Å². The predicted octanol–water partition coefficient (Wildman–Crippen LogP) is 2.41. The number of nitrogens with zero attached hydrogens (tertiary/aromatic N) is 3. The summed E-state index contributed by atoms with van der Waals surface area (Å²) in [7, 11) is 0. The van der Waals surface area contributed by atoms with Crippen molar-refractivity contribution in [1.82, 2.24) is 15.0 Å². The zero-order valence-corrected chi connectivity index (χ0v) is 10.7.